The highest BCUT2D eigenvalue weighted by Gasteiger charge is 2.23. The van der Waals surface area contributed by atoms with Crippen molar-refractivity contribution in [2.75, 3.05) is 5.32 Å². The van der Waals surface area contributed by atoms with Gasteiger partial charge in [0, 0.05) is 17.1 Å². The van der Waals surface area contributed by atoms with Crippen LogP contribution in [-0.4, -0.2) is 10.5 Å². The van der Waals surface area contributed by atoms with Crippen molar-refractivity contribution in [1.82, 2.24) is 4.57 Å². The van der Waals surface area contributed by atoms with Crippen molar-refractivity contribution in [3.63, 3.8) is 0 Å². The first kappa shape index (κ1) is 21.8. The molecule has 30 heavy (non-hydrogen) atoms. The molecule has 1 N–H and O–H groups in total. The number of benzene rings is 2. The number of hydrogen-bond acceptors (Lipinski definition) is 2. The predicted octanol–water partition coefficient (Wildman–Crippen LogP) is 5.86. The first-order valence-electron chi connectivity index (χ1n) is 10.9. The van der Waals surface area contributed by atoms with Gasteiger partial charge in [0.1, 0.15) is 6.04 Å². The van der Waals surface area contributed by atoms with Gasteiger partial charge in [-0.2, -0.15) is 0 Å². The molecule has 1 heterocycles. The number of pyridine rings is 1. The van der Waals surface area contributed by atoms with E-state index >= 15 is 0 Å². The largest absolute Gasteiger partial charge is 0.324 e. The third-order valence-corrected chi connectivity index (χ3v) is 5.73. The van der Waals surface area contributed by atoms with E-state index in [-0.39, 0.29) is 11.5 Å². The minimum absolute atomic E-state index is 0.135. The summed E-state index contributed by atoms with van der Waals surface area (Å²) >= 11 is 0. The fraction of sp³-hybridized carbons (Fsp3) is 0.385. The van der Waals surface area contributed by atoms with Crippen LogP contribution in [0.5, 0.6) is 0 Å². The second kappa shape index (κ2) is 9.29. The number of nitrogens with zero attached hydrogens (tertiary/aromatic N) is 1. The highest BCUT2D eigenvalue weighted by atomic mass is 16.2. The highest BCUT2D eigenvalue weighted by Crippen LogP contribution is 2.26. The van der Waals surface area contributed by atoms with Crippen molar-refractivity contribution >= 4 is 22.5 Å². The van der Waals surface area contributed by atoms with Crippen molar-refractivity contribution in [1.29, 1.82) is 0 Å². The number of fused-ring (bicyclic) bond motifs is 1. The van der Waals surface area contributed by atoms with Crippen LogP contribution in [0.15, 0.2) is 47.3 Å². The summed E-state index contributed by atoms with van der Waals surface area (Å²) in [6, 6.07) is 13.2. The summed E-state index contributed by atoms with van der Waals surface area (Å²) in [6.07, 6.45) is 3.90. The van der Waals surface area contributed by atoms with Crippen molar-refractivity contribution in [3.05, 3.63) is 75.1 Å². The number of hydrogen-bond donors (Lipinski definition) is 1. The summed E-state index contributed by atoms with van der Waals surface area (Å²) in [5, 5.41) is 4.04. The van der Waals surface area contributed by atoms with E-state index in [2.05, 4.69) is 43.4 Å². The lowest BCUT2D eigenvalue weighted by Crippen LogP contribution is -2.33. The van der Waals surface area contributed by atoms with Gasteiger partial charge < -0.3 is 5.32 Å². The predicted molar refractivity (Wildman–Crippen MR) is 125 cm³/mol. The molecule has 3 rings (SSSR count). The summed E-state index contributed by atoms with van der Waals surface area (Å²) in [4.78, 5) is 26.2. The molecule has 4 nitrogen and oxygen atoms in total. The number of carbonyl (C=O) groups excluding carboxylic acids is 1. The summed E-state index contributed by atoms with van der Waals surface area (Å²) < 4.78 is 1.67. The minimum Gasteiger partial charge on any atom is -0.324 e. The maximum Gasteiger partial charge on any atom is 0.252 e. The Labute approximate surface area is 178 Å². The molecule has 3 aromatic rings. The molecule has 1 atom stereocenters. The van der Waals surface area contributed by atoms with Crippen LogP contribution >= 0.6 is 0 Å². The number of nitrogens with one attached hydrogen (secondary N) is 1. The highest BCUT2D eigenvalue weighted by molar-refractivity contribution is 5.95. The monoisotopic (exact) mass is 404 g/mol. The lowest BCUT2D eigenvalue weighted by molar-refractivity contribution is -0.119. The average Bonchev–Trinajstić information content (AvgIpc) is 2.70. The van der Waals surface area contributed by atoms with E-state index in [0.717, 1.165) is 52.5 Å². The number of amides is 1. The Bertz CT molecular complexity index is 1110. The van der Waals surface area contributed by atoms with Gasteiger partial charge in [-0.3, -0.25) is 14.2 Å². The van der Waals surface area contributed by atoms with E-state index in [1.807, 2.05) is 32.9 Å². The van der Waals surface area contributed by atoms with E-state index in [1.165, 1.54) is 5.56 Å². The zero-order valence-corrected chi connectivity index (χ0v) is 18.7. The van der Waals surface area contributed by atoms with E-state index in [4.69, 9.17) is 0 Å². The van der Waals surface area contributed by atoms with Crippen molar-refractivity contribution in [2.45, 2.75) is 66.3 Å². The fourth-order valence-electron chi connectivity index (χ4n) is 4.18. The van der Waals surface area contributed by atoms with Gasteiger partial charge in [0.25, 0.3) is 5.56 Å². The second-order valence-electron chi connectivity index (χ2n) is 8.23. The molecular weight excluding hydrogens is 372 g/mol. The molecule has 0 spiro atoms. The Hall–Kier alpha value is -2.88. The number of carbonyl (C=O) groups is 1. The summed E-state index contributed by atoms with van der Waals surface area (Å²) in [5.74, 6) is -0.161. The Kier molecular flexibility index (Phi) is 6.76. The van der Waals surface area contributed by atoms with E-state index in [0.29, 0.717) is 6.42 Å². The molecule has 1 unspecified atom stereocenters. The van der Waals surface area contributed by atoms with Gasteiger partial charge in [-0.1, -0.05) is 44.0 Å². The van der Waals surface area contributed by atoms with Gasteiger partial charge in [0.2, 0.25) is 5.91 Å². The van der Waals surface area contributed by atoms with Crippen molar-refractivity contribution < 1.29 is 4.79 Å². The molecule has 0 radical (unpaired) electrons. The first-order valence-corrected chi connectivity index (χ1v) is 10.9. The van der Waals surface area contributed by atoms with Gasteiger partial charge in [0.05, 0.1) is 5.52 Å². The topological polar surface area (TPSA) is 51.1 Å². The van der Waals surface area contributed by atoms with E-state index < -0.39 is 6.04 Å². The molecule has 0 bridgehead atoms. The second-order valence-corrected chi connectivity index (χ2v) is 8.23. The maximum atomic E-state index is 13.2. The molecule has 1 aromatic heterocycles. The zero-order valence-electron chi connectivity index (χ0n) is 18.7. The number of aryl methyl sites for hydroxylation is 4. The van der Waals surface area contributed by atoms with Gasteiger partial charge in [-0.15, -0.1) is 0 Å². The Morgan fingerprint density at radius 1 is 1.00 bits per heavy atom. The Morgan fingerprint density at radius 3 is 2.33 bits per heavy atom. The van der Waals surface area contributed by atoms with Crippen LogP contribution < -0.4 is 10.9 Å². The molecule has 0 aliphatic carbocycles. The van der Waals surface area contributed by atoms with Crippen LogP contribution in [0.25, 0.3) is 10.9 Å². The van der Waals surface area contributed by atoms with Crippen LogP contribution in [0.2, 0.25) is 0 Å². The molecule has 0 aliphatic rings. The molecule has 2 aromatic carbocycles. The lowest BCUT2D eigenvalue weighted by atomic mass is 10.0. The van der Waals surface area contributed by atoms with Crippen LogP contribution in [0.3, 0.4) is 0 Å². The minimum atomic E-state index is -0.568. The quantitative estimate of drug-likeness (QED) is 0.536. The normalized spacial score (nSPS) is 12.2. The smallest absolute Gasteiger partial charge is 0.252 e. The number of aromatic nitrogens is 1. The van der Waals surface area contributed by atoms with Gasteiger partial charge in [-0.05, 0) is 74.9 Å². The van der Waals surface area contributed by atoms with E-state index in [1.54, 1.807) is 10.6 Å². The molecule has 0 aliphatic heterocycles. The molecule has 1 amide bonds. The van der Waals surface area contributed by atoms with Gasteiger partial charge in [-0.25, -0.2) is 0 Å². The molecule has 4 heteroatoms. The number of unbranched alkanes of at least 4 members (excludes halogenated alkanes) is 1. The summed E-state index contributed by atoms with van der Waals surface area (Å²) in [7, 11) is 0. The Morgan fingerprint density at radius 2 is 1.70 bits per heavy atom. The van der Waals surface area contributed by atoms with Crippen LogP contribution in [0.1, 0.15) is 61.4 Å². The Balaban J connectivity index is 1.97. The SMILES string of the molecule is CCCCc1ccc(NC(=O)C(CC)n2c(=O)cc(C)c3cc(C)cc(C)c32)cc1. The fourth-order valence-corrected chi connectivity index (χ4v) is 4.18. The summed E-state index contributed by atoms with van der Waals surface area (Å²) in [5.41, 5.74) is 5.85. The van der Waals surface area contributed by atoms with E-state index in [9.17, 15) is 9.59 Å². The summed E-state index contributed by atoms with van der Waals surface area (Å²) in [6.45, 7) is 10.1. The zero-order chi connectivity index (χ0) is 21.8. The third-order valence-electron chi connectivity index (χ3n) is 5.73. The van der Waals surface area contributed by atoms with Gasteiger partial charge >= 0.3 is 0 Å². The molecular formula is C26H32N2O2. The lowest BCUT2D eigenvalue weighted by Gasteiger charge is -2.22. The van der Waals surface area contributed by atoms with Crippen molar-refractivity contribution in [2.24, 2.45) is 0 Å². The van der Waals surface area contributed by atoms with Crippen LogP contribution in [-0.2, 0) is 11.2 Å². The average molecular weight is 405 g/mol. The molecule has 158 valence electrons. The number of anilines is 1. The maximum absolute atomic E-state index is 13.2. The van der Waals surface area contributed by atoms with Crippen molar-refractivity contribution in [3.8, 4) is 0 Å². The molecule has 0 saturated heterocycles. The number of rotatable bonds is 7. The molecule has 0 fully saturated rings. The standard InChI is InChI=1S/C26H32N2O2/c1-6-8-9-20-10-12-21(13-11-20)27-26(30)23(7-2)28-24(29)16-18(4)22-15-17(3)14-19(5)25(22)28/h10-16,23H,6-9H2,1-5H3,(H,27,30). The third kappa shape index (κ3) is 4.48. The van der Waals surface area contributed by atoms with Crippen LogP contribution in [0.4, 0.5) is 5.69 Å². The van der Waals surface area contributed by atoms with Gasteiger partial charge in [0.15, 0.2) is 0 Å². The first-order chi connectivity index (χ1) is 14.3. The molecule has 0 saturated carbocycles. The van der Waals surface area contributed by atoms with Crippen LogP contribution in [0, 0.1) is 20.8 Å².